The second-order valence-electron chi connectivity index (χ2n) is 1.85. The third kappa shape index (κ3) is 1.04. The van der Waals surface area contributed by atoms with Gasteiger partial charge in [0.1, 0.15) is 16.6 Å². The number of carbonyl (C=O) groups is 1. The zero-order valence-corrected chi connectivity index (χ0v) is 6.31. The normalized spacial score (nSPS) is 9.00. The molecule has 1 rings (SSSR count). The third-order valence-corrected chi connectivity index (χ3v) is 2.18. The molecule has 0 saturated heterocycles. The van der Waals surface area contributed by atoms with Crippen LogP contribution in [0.4, 0.5) is 10.7 Å². The minimum absolute atomic E-state index is 0.185. The lowest BCUT2D eigenvalue weighted by molar-refractivity contribution is 0.112. The van der Waals surface area contributed by atoms with Gasteiger partial charge in [-0.25, -0.2) is 0 Å². The summed E-state index contributed by atoms with van der Waals surface area (Å²) in [5.74, 6) is 0. The number of carbonyl (C=O) groups excluding carboxylic acids is 1. The number of hydrogen-bond donors (Lipinski definition) is 2. The first-order valence-electron chi connectivity index (χ1n) is 2.73. The molecule has 0 aliphatic carbocycles. The zero-order chi connectivity index (χ0) is 8.43. The maximum absolute atomic E-state index is 10.3. The van der Waals surface area contributed by atoms with Gasteiger partial charge in [-0.05, 0) is 0 Å². The molecule has 0 aliphatic rings. The molecule has 0 bridgehead atoms. The fourth-order valence-corrected chi connectivity index (χ4v) is 1.44. The Balaban J connectivity index is 3.39. The van der Waals surface area contributed by atoms with Crippen LogP contribution in [0.25, 0.3) is 0 Å². The highest BCUT2D eigenvalue weighted by atomic mass is 32.1. The highest BCUT2D eigenvalue weighted by Crippen LogP contribution is 2.30. The summed E-state index contributed by atoms with van der Waals surface area (Å²) in [4.78, 5) is 10.6. The highest BCUT2D eigenvalue weighted by molar-refractivity contribution is 7.18. The van der Waals surface area contributed by atoms with Crippen molar-refractivity contribution >= 4 is 28.3 Å². The molecule has 56 valence electrons. The Bertz CT molecular complexity index is 336. The molecule has 0 aliphatic heterocycles. The van der Waals surface area contributed by atoms with Crippen molar-refractivity contribution < 1.29 is 4.79 Å². The van der Waals surface area contributed by atoms with Gasteiger partial charge in [-0.15, -0.1) is 11.3 Å². The van der Waals surface area contributed by atoms with Gasteiger partial charge in [-0.1, -0.05) is 0 Å². The van der Waals surface area contributed by atoms with E-state index in [1.807, 2.05) is 6.07 Å². The summed E-state index contributed by atoms with van der Waals surface area (Å²) < 4.78 is 0. The highest BCUT2D eigenvalue weighted by Gasteiger charge is 2.11. The van der Waals surface area contributed by atoms with E-state index in [0.29, 0.717) is 16.2 Å². The topological polar surface area (TPSA) is 92.9 Å². The number of nitriles is 1. The number of thiophene rings is 1. The average Bonchev–Trinajstić information content (AvgIpc) is 2.26. The van der Waals surface area contributed by atoms with Gasteiger partial charge in [0.15, 0.2) is 6.29 Å². The second kappa shape index (κ2) is 2.60. The lowest BCUT2D eigenvalue weighted by Crippen LogP contribution is -1.90. The van der Waals surface area contributed by atoms with Crippen molar-refractivity contribution in [1.29, 1.82) is 5.26 Å². The van der Waals surface area contributed by atoms with Crippen LogP contribution in [-0.2, 0) is 0 Å². The third-order valence-electron chi connectivity index (χ3n) is 1.22. The average molecular weight is 167 g/mol. The standard InChI is InChI=1S/C6H5N3OS/c7-1-3-5(8)4(2-10)11-6(3)9/h2H,8-9H2. The molecule has 4 N–H and O–H groups in total. The molecule has 0 radical (unpaired) electrons. The van der Waals surface area contributed by atoms with E-state index in [9.17, 15) is 4.79 Å². The lowest BCUT2D eigenvalue weighted by Gasteiger charge is -1.86. The van der Waals surface area contributed by atoms with E-state index in [1.54, 1.807) is 0 Å². The first kappa shape index (κ1) is 7.57. The summed E-state index contributed by atoms with van der Waals surface area (Å²) in [6.07, 6.45) is 0.594. The SMILES string of the molecule is N#Cc1c(N)sc(C=O)c1N. The number of rotatable bonds is 1. The van der Waals surface area contributed by atoms with Crippen molar-refractivity contribution in [3.63, 3.8) is 0 Å². The van der Waals surface area contributed by atoms with Gasteiger partial charge in [0.2, 0.25) is 0 Å². The quantitative estimate of drug-likeness (QED) is 0.599. The van der Waals surface area contributed by atoms with Gasteiger partial charge >= 0.3 is 0 Å². The van der Waals surface area contributed by atoms with Crippen LogP contribution in [0, 0.1) is 11.3 Å². The van der Waals surface area contributed by atoms with Crippen molar-refractivity contribution in [2.24, 2.45) is 0 Å². The minimum atomic E-state index is 0.185. The van der Waals surface area contributed by atoms with Crippen LogP contribution >= 0.6 is 11.3 Å². The van der Waals surface area contributed by atoms with Crippen molar-refractivity contribution in [2.45, 2.75) is 0 Å². The molecule has 0 fully saturated rings. The summed E-state index contributed by atoms with van der Waals surface area (Å²) in [6.45, 7) is 0. The molecular formula is C6H5N3OS. The largest absolute Gasteiger partial charge is 0.396 e. The fourth-order valence-electron chi connectivity index (χ4n) is 0.683. The van der Waals surface area contributed by atoms with Gasteiger partial charge in [0.05, 0.1) is 10.6 Å². The van der Waals surface area contributed by atoms with Crippen LogP contribution in [0.5, 0.6) is 0 Å². The van der Waals surface area contributed by atoms with Crippen molar-refractivity contribution in [2.75, 3.05) is 11.5 Å². The van der Waals surface area contributed by atoms with E-state index < -0.39 is 0 Å². The smallest absolute Gasteiger partial charge is 0.162 e. The number of nitrogen functional groups attached to an aromatic ring is 2. The van der Waals surface area contributed by atoms with E-state index in [1.165, 1.54) is 0 Å². The number of aldehydes is 1. The number of nitrogens with zero attached hydrogens (tertiary/aromatic N) is 1. The van der Waals surface area contributed by atoms with Crippen LogP contribution in [0.15, 0.2) is 0 Å². The van der Waals surface area contributed by atoms with Crippen LogP contribution in [0.2, 0.25) is 0 Å². The Morgan fingerprint density at radius 2 is 2.18 bits per heavy atom. The second-order valence-corrected chi connectivity index (χ2v) is 2.93. The first-order valence-corrected chi connectivity index (χ1v) is 3.55. The van der Waals surface area contributed by atoms with Gasteiger partial charge < -0.3 is 11.5 Å². The lowest BCUT2D eigenvalue weighted by atomic mass is 10.2. The maximum Gasteiger partial charge on any atom is 0.162 e. The molecular weight excluding hydrogens is 162 g/mol. The van der Waals surface area contributed by atoms with Crippen LogP contribution < -0.4 is 11.5 Å². The number of nitrogens with two attached hydrogens (primary N) is 2. The summed E-state index contributed by atoms with van der Waals surface area (Å²) >= 11 is 1.03. The monoisotopic (exact) mass is 167 g/mol. The Morgan fingerprint density at radius 3 is 2.45 bits per heavy atom. The molecule has 1 aromatic rings. The Hall–Kier alpha value is -1.54. The van der Waals surface area contributed by atoms with Gasteiger partial charge in [0, 0.05) is 0 Å². The first-order chi connectivity index (χ1) is 5.20. The molecule has 0 saturated carbocycles. The van der Waals surface area contributed by atoms with Crippen LogP contribution in [0.1, 0.15) is 15.2 Å². The molecule has 0 spiro atoms. The number of hydrogen-bond acceptors (Lipinski definition) is 5. The Morgan fingerprint density at radius 1 is 1.55 bits per heavy atom. The van der Waals surface area contributed by atoms with Gasteiger partial charge in [-0.3, -0.25) is 4.79 Å². The molecule has 0 atom stereocenters. The molecule has 0 amide bonds. The zero-order valence-electron chi connectivity index (χ0n) is 5.50. The number of anilines is 2. The predicted molar refractivity (Wildman–Crippen MR) is 43.2 cm³/mol. The Labute approximate surface area is 67.0 Å². The van der Waals surface area contributed by atoms with Crippen molar-refractivity contribution in [3.8, 4) is 6.07 Å². The molecule has 1 heterocycles. The van der Waals surface area contributed by atoms with Gasteiger partial charge in [0.25, 0.3) is 0 Å². The Kier molecular flexibility index (Phi) is 1.79. The van der Waals surface area contributed by atoms with E-state index >= 15 is 0 Å². The molecule has 0 aromatic carbocycles. The van der Waals surface area contributed by atoms with Crippen molar-refractivity contribution in [3.05, 3.63) is 10.4 Å². The van der Waals surface area contributed by atoms with E-state index in [0.717, 1.165) is 11.3 Å². The molecule has 11 heavy (non-hydrogen) atoms. The minimum Gasteiger partial charge on any atom is -0.396 e. The van der Waals surface area contributed by atoms with Crippen LogP contribution in [0.3, 0.4) is 0 Å². The molecule has 0 unspecified atom stereocenters. The summed E-state index contributed by atoms with van der Waals surface area (Å²) in [5, 5.41) is 8.79. The molecule has 1 aromatic heterocycles. The van der Waals surface area contributed by atoms with Crippen LogP contribution in [-0.4, -0.2) is 6.29 Å². The summed E-state index contributed by atoms with van der Waals surface area (Å²) in [7, 11) is 0. The van der Waals surface area contributed by atoms with Crippen molar-refractivity contribution in [1.82, 2.24) is 0 Å². The summed E-state index contributed by atoms with van der Waals surface area (Å²) in [5.41, 5.74) is 11.2. The van der Waals surface area contributed by atoms with E-state index in [-0.39, 0.29) is 11.3 Å². The van der Waals surface area contributed by atoms with E-state index in [4.69, 9.17) is 16.7 Å². The fraction of sp³-hybridized carbons (Fsp3) is 0. The predicted octanol–water partition coefficient (Wildman–Crippen LogP) is 0.597. The summed E-state index contributed by atoms with van der Waals surface area (Å²) in [6, 6.07) is 1.82. The molecule has 4 nitrogen and oxygen atoms in total. The van der Waals surface area contributed by atoms with Gasteiger partial charge in [-0.2, -0.15) is 5.26 Å². The maximum atomic E-state index is 10.3. The van der Waals surface area contributed by atoms with E-state index in [2.05, 4.69) is 0 Å². The molecule has 5 heteroatoms.